The minimum Gasteiger partial charge on any atom is -0.456 e. The van der Waals surface area contributed by atoms with Crippen LogP contribution in [0.15, 0.2) is 39.6 Å². The maximum absolute atomic E-state index is 12.3. The summed E-state index contributed by atoms with van der Waals surface area (Å²) >= 11 is 0. The molecule has 0 unspecified atom stereocenters. The Morgan fingerprint density at radius 1 is 1.22 bits per heavy atom. The zero-order valence-corrected chi connectivity index (χ0v) is 15.2. The van der Waals surface area contributed by atoms with Crippen molar-refractivity contribution < 1.29 is 18.8 Å². The third-order valence-electron chi connectivity index (χ3n) is 3.94. The third-order valence-corrected chi connectivity index (χ3v) is 3.94. The number of amides is 1. The lowest BCUT2D eigenvalue weighted by atomic mass is 10.1. The second-order valence-electron chi connectivity index (χ2n) is 6.09. The molecule has 0 aliphatic rings. The minimum absolute atomic E-state index is 0.142. The number of esters is 1. The summed E-state index contributed by atoms with van der Waals surface area (Å²) in [7, 11) is 0. The van der Waals surface area contributed by atoms with Gasteiger partial charge in [-0.25, -0.2) is 9.78 Å². The maximum atomic E-state index is 12.3. The number of nitrogens with zero attached hydrogens (tertiary/aromatic N) is 2. The third kappa shape index (κ3) is 4.05. The van der Waals surface area contributed by atoms with Gasteiger partial charge in [-0.05, 0) is 31.5 Å². The van der Waals surface area contributed by atoms with E-state index in [1.54, 1.807) is 38.1 Å². The summed E-state index contributed by atoms with van der Waals surface area (Å²) in [4.78, 5) is 40.1. The van der Waals surface area contributed by atoms with Gasteiger partial charge in [0.15, 0.2) is 5.65 Å². The molecule has 2 heterocycles. The summed E-state index contributed by atoms with van der Waals surface area (Å²) in [6.07, 6.45) is 0.339. The van der Waals surface area contributed by atoms with E-state index in [1.165, 1.54) is 6.07 Å². The van der Waals surface area contributed by atoms with Gasteiger partial charge in [0.1, 0.15) is 12.4 Å². The maximum Gasteiger partial charge on any atom is 0.338 e. The summed E-state index contributed by atoms with van der Waals surface area (Å²) in [5.41, 5.74) is 1.97. The van der Waals surface area contributed by atoms with E-state index in [1.807, 2.05) is 6.92 Å². The summed E-state index contributed by atoms with van der Waals surface area (Å²) in [5, 5.41) is 2.75. The van der Waals surface area contributed by atoms with Gasteiger partial charge in [-0.2, -0.15) is 0 Å². The van der Waals surface area contributed by atoms with Crippen LogP contribution in [0, 0.1) is 13.8 Å². The summed E-state index contributed by atoms with van der Waals surface area (Å²) in [6, 6.07) is 7.79. The van der Waals surface area contributed by atoms with E-state index in [4.69, 9.17) is 9.26 Å². The molecule has 0 spiro atoms. The lowest BCUT2D eigenvalue weighted by Crippen LogP contribution is -2.15. The first-order valence-electron chi connectivity index (χ1n) is 8.44. The van der Waals surface area contributed by atoms with Gasteiger partial charge in [0, 0.05) is 24.2 Å². The van der Waals surface area contributed by atoms with E-state index in [-0.39, 0.29) is 18.1 Å². The molecule has 0 aliphatic heterocycles. The van der Waals surface area contributed by atoms with Crippen LogP contribution in [0.1, 0.15) is 40.7 Å². The summed E-state index contributed by atoms with van der Waals surface area (Å²) in [5.74, 6) is -0.167. The molecule has 0 saturated carbocycles. The highest BCUT2D eigenvalue weighted by molar-refractivity contribution is 5.95. The SMILES string of the molecule is CCC(=O)Nc1cc(C(=O)OCc2cc(=O)n3oc(C)cc3n2)ccc1C. The van der Waals surface area contributed by atoms with Gasteiger partial charge in [0.2, 0.25) is 5.91 Å². The van der Waals surface area contributed by atoms with Crippen LogP contribution >= 0.6 is 0 Å². The van der Waals surface area contributed by atoms with Gasteiger partial charge in [0.05, 0.1) is 11.3 Å². The molecule has 8 heteroatoms. The molecule has 1 amide bonds. The average molecular weight is 369 g/mol. The van der Waals surface area contributed by atoms with Crippen molar-refractivity contribution in [2.45, 2.75) is 33.8 Å². The zero-order valence-electron chi connectivity index (χ0n) is 15.2. The lowest BCUT2D eigenvalue weighted by Gasteiger charge is -2.10. The van der Waals surface area contributed by atoms with Crippen molar-refractivity contribution in [2.75, 3.05) is 5.32 Å². The van der Waals surface area contributed by atoms with Gasteiger partial charge < -0.3 is 14.6 Å². The van der Waals surface area contributed by atoms with Crippen molar-refractivity contribution >= 4 is 23.2 Å². The lowest BCUT2D eigenvalue weighted by molar-refractivity contribution is -0.115. The van der Waals surface area contributed by atoms with Crippen LogP contribution in [0.4, 0.5) is 5.69 Å². The van der Waals surface area contributed by atoms with E-state index in [2.05, 4.69) is 10.3 Å². The number of hydrogen-bond acceptors (Lipinski definition) is 6. The Labute approximate surface area is 154 Å². The molecule has 0 bridgehead atoms. The molecule has 1 aromatic carbocycles. The van der Waals surface area contributed by atoms with Crippen LogP contribution in [0.2, 0.25) is 0 Å². The molecule has 0 fully saturated rings. The number of hydrogen-bond donors (Lipinski definition) is 1. The number of aromatic nitrogens is 2. The number of ether oxygens (including phenoxy) is 1. The summed E-state index contributed by atoms with van der Waals surface area (Å²) in [6.45, 7) is 5.13. The van der Waals surface area contributed by atoms with Crippen molar-refractivity contribution in [3.63, 3.8) is 0 Å². The quantitative estimate of drug-likeness (QED) is 0.694. The first-order valence-corrected chi connectivity index (χ1v) is 8.44. The molecule has 0 aliphatic carbocycles. The zero-order chi connectivity index (χ0) is 19.6. The standard InChI is InChI=1S/C19H19N3O5/c1-4-17(23)21-15-8-13(6-5-11(15)2)19(25)26-10-14-9-18(24)22-16(20-14)7-12(3)27-22/h5-9H,4,10H2,1-3H3,(H,21,23). The van der Waals surface area contributed by atoms with Crippen LogP contribution in [0.3, 0.4) is 0 Å². The number of fused-ring (bicyclic) bond motifs is 1. The molecule has 8 nitrogen and oxygen atoms in total. The Bertz CT molecular complexity index is 1080. The normalized spacial score (nSPS) is 10.8. The molecule has 3 rings (SSSR count). The fourth-order valence-corrected chi connectivity index (χ4v) is 2.49. The Kier molecular flexibility index (Phi) is 5.07. The molecular weight excluding hydrogens is 350 g/mol. The first kappa shape index (κ1) is 18.4. The highest BCUT2D eigenvalue weighted by Gasteiger charge is 2.13. The van der Waals surface area contributed by atoms with E-state index in [0.29, 0.717) is 34.8 Å². The number of carbonyl (C=O) groups is 2. The topological polar surface area (TPSA) is 103 Å². The van der Waals surface area contributed by atoms with E-state index >= 15 is 0 Å². The monoisotopic (exact) mass is 369 g/mol. The molecule has 0 atom stereocenters. The summed E-state index contributed by atoms with van der Waals surface area (Å²) < 4.78 is 11.5. The van der Waals surface area contributed by atoms with Crippen LogP contribution in [0.5, 0.6) is 0 Å². The smallest absolute Gasteiger partial charge is 0.338 e. The molecular formula is C19H19N3O5. The van der Waals surface area contributed by atoms with Crippen molar-refractivity contribution in [1.29, 1.82) is 0 Å². The largest absolute Gasteiger partial charge is 0.456 e. The number of aryl methyl sites for hydroxylation is 2. The highest BCUT2D eigenvalue weighted by atomic mass is 16.5. The predicted molar refractivity (Wildman–Crippen MR) is 97.7 cm³/mol. The van der Waals surface area contributed by atoms with Crippen molar-refractivity contribution in [2.24, 2.45) is 0 Å². The average Bonchev–Trinajstić information content (AvgIpc) is 3.02. The fraction of sp³-hybridized carbons (Fsp3) is 0.263. The van der Waals surface area contributed by atoms with Gasteiger partial charge >= 0.3 is 5.97 Å². The predicted octanol–water partition coefficient (Wildman–Crippen LogP) is 2.61. The molecule has 0 radical (unpaired) electrons. The highest BCUT2D eigenvalue weighted by Crippen LogP contribution is 2.18. The van der Waals surface area contributed by atoms with Crippen LogP contribution in [0.25, 0.3) is 5.65 Å². The van der Waals surface area contributed by atoms with Crippen molar-refractivity contribution in [3.8, 4) is 0 Å². The Hall–Kier alpha value is -3.42. The Balaban J connectivity index is 1.75. The first-order chi connectivity index (χ1) is 12.9. The van der Waals surface area contributed by atoms with Gasteiger partial charge in [-0.3, -0.25) is 9.59 Å². The second kappa shape index (κ2) is 7.45. The minimum atomic E-state index is -0.577. The number of anilines is 1. The molecule has 2 aromatic heterocycles. The van der Waals surface area contributed by atoms with Crippen LogP contribution in [-0.4, -0.2) is 21.4 Å². The Morgan fingerprint density at radius 3 is 2.74 bits per heavy atom. The van der Waals surface area contributed by atoms with E-state index in [9.17, 15) is 14.4 Å². The van der Waals surface area contributed by atoms with Crippen molar-refractivity contribution in [3.05, 3.63) is 63.3 Å². The Morgan fingerprint density at radius 2 is 2.00 bits per heavy atom. The van der Waals surface area contributed by atoms with Crippen LogP contribution < -0.4 is 10.9 Å². The molecule has 140 valence electrons. The van der Waals surface area contributed by atoms with E-state index in [0.717, 1.165) is 10.1 Å². The number of carbonyl (C=O) groups excluding carboxylic acids is 2. The molecule has 0 saturated heterocycles. The number of nitrogens with one attached hydrogen (secondary N) is 1. The second-order valence-corrected chi connectivity index (χ2v) is 6.09. The van der Waals surface area contributed by atoms with Crippen LogP contribution in [-0.2, 0) is 16.1 Å². The van der Waals surface area contributed by atoms with Gasteiger partial charge in [-0.15, -0.1) is 4.57 Å². The van der Waals surface area contributed by atoms with Gasteiger partial charge in [0.25, 0.3) is 5.56 Å². The number of benzene rings is 1. The fourth-order valence-electron chi connectivity index (χ4n) is 2.49. The molecule has 1 N–H and O–H groups in total. The van der Waals surface area contributed by atoms with Gasteiger partial charge in [-0.1, -0.05) is 13.0 Å². The molecule has 27 heavy (non-hydrogen) atoms. The molecule has 3 aromatic rings. The number of rotatable bonds is 5. The van der Waals surface area contributed by atoms with Crippen molar-refractivity contribution in [1.82, 2.24) is 9.56 Å². The van der Waals surface area contributed by atoms with E-state index < -0.39 is 5.97 Å².